The number of furan rings is 1. The van der Waals surface area contributed by atoms with Crippen molar-refractivity contribution in [2.24, 2.45) is 0 Å². The average Bonchev–Trinajstić information content (AvgIpc) is 2.82. The first kappa shape index (κ1) is 13.1. The molecule has 1 fully saturated rings. The predicted octanol–water partition coefficient (Wildman–Crippen LogP) is 2.19. The highest BCUT2D eigenvalue weighted by Crippen LogP contribution is 2.23. The second-order valence-electron chi connectivity index (χ2n) is 4.97. The molecule has 1 saturated heterocycles. The third kappa shape index (κ3) is 2.75. The monoisotopic (exact) mass is 250 g/mol. The SMILES string of the molecule is CNCCC1CCCCN1C(=O)c1occc1C. The van der Waals surface area contributed by atoms with Crippen LogP contribution in [0.2, 0.25) is 0 Å². The molecular weight excluding hydrogens is 228 g/mol. The van der Waals surface area contributed by atoms with Gasteiger partial charge in [0.15, 0.2) is 5.76 Å². The highest BCUT2D eigenvalue weighted by atomic mass is 16.3. The van der Waals surface area contributed by atoms with Crippen molar-refractivity contribution < 1.29 is 9.21 Å². The van der Waals surface area contributed by atoms with Gasteiger partial charge in [-0.05, 0) is 52.3 Å². The van der Waals surface area contributed by atoms with Gasteiger partial charge in [-0.15, -0.1) is 0 Å². The van der Waals surface area contributed by atoms with Crippen molar-refractivity contribution in [2.75, 3.05) is 20.1 Å². The maximum Gasteiger partial charge on any atom is 0.290 e. The van der Waals surface area contributed by atoms with E-state index in [2.05, 4.69) is 5.32 Å². The van der Waals surface area contributed by atoms with E-state index in [0.29, 0.717) is 11.8 Å². The van der Waals surface area contributed by atoms with E-state index >= 15 is 0 Å². The normalized spacial score (nSPS) is 20.1. The van der Waals surface area contributed by atoms with E-state index in [9.17, 15) is 4.79 Å². The van der Waals surface area contributed by atoms with Gasteiger partial charge in [0.25, 0.3) is 5.91 Å². The van der Waals surface area contributed by atoms with E-state index in [4.69, 9.17) is 4.42 Å². The quantitative estimate of drug-likeness (QED) is 0.891. The summed E-state index contributed by atoms with van der Waals surface area (Å²) >= 11 is 0. The number of carbonyl (C=O) groups excluding carboxylic acids is 1. The lowest BCUT2D eigenvalue weighted by Gasteiger charge is -2.35. The molecule has 1 aliphatic heterocycles. The molecule has 0 radical (unpaired) electrons. The Labute approximate surface area is 108 Å². The molecule has 1 aliphatic rings. The van der Waals surface area contributed by atoms with Crippen molar-refractivity contribution in [2.45, 2.75) is 38.6 Å². The molecular formula is C14H22N2O2. The maximum absolute atomic E-state index is 12.5. The van der Waals surface area contributed by atoms with Gasteiger partial charge in [-0.25, -0.2) is 0 Å². The number of nitrogens with zero attached hydrogens (tertiary/aromatic N) is 1. The number of amides is 1. The Kier molecular flexibility index (Phi) is 4.42. The minimum Gasteiger partial charge on any atom is -0.459 e. The minimum absolute atomic E-state index is 0.0540. The van der Waals surface area contributed by atoms with Crippen molar-refractivity contribution in [3.63, 3.8) is 0 Å². The Bertz CT molecular complexity index is 400. The van der Waals surface area contributed by atoms with E-state index in [1.807, 2.05) is 24.9 Å². The number of hydrogen-bond acceptors (Lipinski definition) is 3. The second kappa shape index (κ2) is 6.05. The van der Waals surface area contributed by atoms with Crippen molar-refractivity contribution in [3.05, 3.63) is 23.7 Å². The average molecular weight is 250 g/mol. The van der Waals surface area contributed by atoms with Gasteiger partial charge in [-0.3, -0.25) is 4.79 Å². The van der Waals surface area contributed by atoms with Gasteiger partial charge in [0.1, 0.15) is 0 Å². The fourth-order valence-electron chi connectivity index (χ4n) is 2.60. The molecule has 1 atom stereocenters. The summed E-state index contributed by atoms with van der Waals surface area (Å²) in [4.78, 5) is 14.5. The zero-order valence-electron chi connectivity index (χ0n) is 11.2. The van der Waals surface area contributed by atoms with E-state index < -0.39 is 0 Å². The Morgan fingerprint density at radius 2 is 2.39 bits per heavy atom. The molecule has 18 heavy (non-hydrogen) atoms. The lowest BCUT2D eigenvalue weighted by atomic mass is 9.98. The molecule has 0 spiro atoms. The van der Waals surface area contributed by atoms with Crippen LogP contribution >= 0.6 is 0 Å². The summed E-state index contributed by atoms with van der Waals surface area (Å²) < 4.78 is 5.33. The number of piperidine rings is 1. The van der Waals surface area contributed by atoms with Crippen molar-refractivity contribution in [1.82, 2.24) is 10.2 Å². The Morgan fingerprint density at radius 1 is 1.56 bits per heavy atom. The van der Waals surface area contributed by atoms with E-state index in [1.54, 1.807) is 6.26 Å². The van der Waals surface area contributed by atoms with Gasteiger partial charge in [0.2, 0.25) is 0 Å². The molecule has 0 aromatic carbocycles. The van der Waals surface area contributed by atoms with Crippen LogP contribution in [0.4, 0.5) is 0 Å². The smallest absolute Gasteiger partial charge is 0.290 e. The van der Waals surface area contributed by atoms with Crippen LogP contribution in [-0.2, 0) is 0 Å². The second-order valence-corrected chi connectivity index (χ2v) is 4.97. The number of aryl methyl sites for hydroxylation is 1. The molecule has 100 valence electrons. The molecule has 1 unspecified atom stereocenters. The number of likely N-dealkylation sites (tertiary alicyclic amines) is 1. The fourth-order valence-corrected chi connectivity index (χ4v) is 2.60. The largest absolute Gasteiger partial charge is 0.459 e. The molecule has 2 rings (SSSR count). The van der Waals surface area contributed by atoms with Crippen LogP contribution in [0, 0.1) is 6.92 Å². The van der Waals surface area contributed by atoms with E-state index in [1.165, 1.54) is 6.42 Å². The minimum atomic E-state index is 0.0540. The molecule has 4 nitrogen and oxygen atoms in total. The zero-order chi connectivity index (χ0) is 13.0. The van der Waals surface area contributed by atoms with Crippen LogP contribution in [0.15, 0.2) is 16.7 Å². The van der Waals surface area contributed by atoms with Crippen LogP contribution in [0.25, 0.3) is 0 Å². The third-order valence-electron chi connectivity index (χ3n) is 3.67. The molecule has 1 N–H and O–H groups in total. The highest BCUT2D eigenvalue weighted by Gasteiger charge is 2.29. The summed E-state index contributed by atoms with van der Waals surface area (Å²) in [5.74, 6) is 0.560. The molecule has 2 heterocycles. The summed E-state index contributed by atoms with van der Waals surface area (Å²) in [6.07, 6.45) is 6.03. The highest BCUT2D eigenvalue weighted by molar-refractivity contribution is 5.93. The van der Waals surface area contributed by atoms with Crippen LogP contribution < -0.4 is 5.32 Å². The van der Waals surface area contributed by atoms with E-state index in [0.717, 1.165) is 37.9 Å². The van der Waals surface area contributed by atoms with Crippen LogP contribution in [0.3, 0.4) is 0 Å². The number of rotatable bonds is 4. The molecule has 1 aromatic rings. The number of carbonyl (C=O) groups is 1. The first-order valence-corrected chi connectivity index (χ1v) is 6.73. The standard InChI is InChI=1S/C14H22N2O2/c1-11-7-10-18-13(11)14(17)16-9-4-3-5-12(16)6-8-15-2/h7,10,12,15H,3-6,8-9H2,1-2H3. The van der Waals surface area contributed by atoms with Gasteiger partial charge in [0.05, 0.1) is 6.26 Å². The molecule has 0 aliphatic carbocycles. The van der Waals surface area contributed by atoms with Crippen molar-refractivity contribution in [3.8, 4) is 0 Å². The first-order valence-electron chi connectivity index (χ1n) is 6.73. The van der Waals surface area contributed by atoms with Gasteiger partial charge in [0, 0.05) is 18.2 Å². The van der Waals surface area contributed by atoms with Gasteiger partial charge in [-0.2, -0.15) is 0 Å². The lowest BCUT2D eigenvalue weighted by Crippen LogP contribution is -2.44. The van der Waals surface area contributed by atoms with Crippen LogP contribution in [0.5, 0.6) is 0 Å². The van der Waals surface area contributed by atoms with Gasteiger partial charge in [-0.1, -0.05) is 0 Å². The van der Waals surface area contributed by atoms with Crippen LogP contribution in [0.1, 0.15) is 41.8 Å². The number of nitrogens with one attached hydrogen (secondary N) is 1. The number of hydrogen-bond donors (Lipinski definition) is 1. The Balaban J connectivity index is 2.08. The van der Waals surface area contributed by atoms with Crippen molar-refractivity contribution in [1.29, 1.82) is 0 Å². The predicted molar refractivity (Wildman–Crippen MR) is 70.7 cm³/mol. The van der Waals surface area contributed by atoms with Gasteiger partial charge >= 0.3 is 0 Å². The maximum atomic E-state index is 12.5. The van der Waals surface area contributed by atoms with Crippen molar-refractivity contribution >= 4 is 5.91 Å². The Morgan fingerprint density at radius 3 is 3.06 bits per heavy atom. The molecule has 1 aromatic heterocycles. The lowest BCUT2D eigenvalue weighted by molar-refractivity contribution is 0.0569. The summed E-state index contributed by atoms with van der Waals surface area (Å²) in [6.45, 7) is 3.72. The first-order chi connectivity index (χ1) is 8.74. The van der Waals surface area contributed by atoms with E-state index in [-0.39, 0.29) is 5.91 Å². The Hall–Kier alpha value is -1.29. The summed E-state index contributed by atoms with van der Waals surface area (Å²) in [5, 5.41) is 3.16. The van der Waals surface area contributed by atoms with Gasteiger partial charge < -0.3 is 14.6 Å². The molecule has 0 saturated carbocycles. The topological polar surface area (TPSA) is 45.5 Å². The third-order valence-corrected chi connectivity index (χ3v) is 3.67. The molecule has 4 heteroatoms. The summed E-state index contributed by atoms with van der Waals surface area (Å²) in [6, 6.07) is 2.20. The molecule has 1 amide bonds. The van der Waals surface area contributed by atoms with Crippen LogP contribution in [-0.4, -0.2) is 37.0 Å². The summed E-state index contributed by atoms with van der Waals surface area (Å²) in [5.41, 5.74) is 0.929. The fraction of sp³-hybridized carbons (Fsp3) is 0.643. The zero-order valence-corrected chi connectivity index (χ0v) is 11.2. The molecule has 0 bridgehead atoms. The summed E-state index contributed by atoms with van der Waals surface area (Å²) in [7, 11) is 1.95.